The number of nitrogens with one attached hydrogen (secondary N) is 2. The van der Waals surface area contributed by atoms with E-state index in [-0.39, 0.29) is 5.82 Å². The minimum atomic E-state index is -4.06. The van der Waals surface area contributed by atoms with E-state index < -0.39 is 26.6 Å². The van der Waals surface area contributed by atoms with E-state index in [1.165, 1.54) is 6.07 Å². The number of nitrogens with zero attached hydrogens (tertiary/aromatic N) is 1. The standard InChI is InChI=1S/C10H9F2N3O2S/c1-6-2-10(14-13-6)15-18(16,17)9-4-7(11)3-8(12)5-9/h2-5H,1H3,(H2,13,14,15). The fourth-order valence-electron chi connectivity index (χ4n) is 1.35. The first-order valence-corrected chi connectivity index (χ1v) is 6.36. The van der Waals surface area contributed by atoms with E-state index in [0.29, 0.717) is 11.8 Å². The molecule has 2 aromatic rings. The van der Waals surface area contributed by atoms with Crippen LogP contribution in [0.1, 0.15) is 5.69 Å². The van der Waals surface area contributed by atoms with Gasteiger partial charge in [0, 0.05) is 17.8 Å². The largest absolute Gasteiger partial charge is 0.281 e. The summed E-state index contributed by atoms with van der Waals surface area (Å²) in [4.78, 5) is -0.499. The van der Waals surface area contributed by atoms with Crippen LogP contribution < -0.4 is 4.72 Å². The third-order valence-electron chi connectivity index (χ3n) is 2.09. The van der Waals surface area contributed by atoms with Crippen molar-refractivity contribution in [1.29, 1.82) is 0 Å². The molecule has 5 nitrogen and oxygen atoms in total. The molecular weight excluding hydrogens is 264 g/mol. The van der Waals surface area contributed by atoms with Crippen molar-refractivity contribution >= 4 is 15.8 Å². The third kappa shape index (κ3) is 2.65. The van der Waals surface area contributed by atoms with Gasteiger partial charge in [-0.1, -0.05) is 0 Å². The predicted molar refractivity (Wildman–Crippen MR) is 60.5 cm³/mol. The summed E-state index contributed by atoms with van der Waals surface area (Å²) in [5.41, 5.74) is 0.651. The number of benzene rings is 1. The van der Waals surface area contributed by atoms with Crippen LogP contribution in [0.15, 0.2) is 29.2 Å². The van der Waals surface area contributed by atoms with Crippen molar-refractivity contribution < 1.29 is 17.2 Å². The Hall–Kier alpha value is -1.96. The Kier molecular flexibility index (Phi) is 3.04. The fraction of sp³-hybridized carbons (Fsp3) is 0.100. The molecule has 0 aliphatic rings. The Morgan fingerprint density at radius 2 is 1.78 bits per heavy atom. The topological polar surface area (TPSA) is 74.8 Å². The van der Waals surface area contributed by atoms with Crippen molar-refractivity contribution in [2.45, 2.75) is 11.8 Å². The van der Waals surface area contributed by atoms with Gasteiger partial charge in [0.05, 0.1) is 4.90 Å². The highest BCUT2D eigenvalue weighted by atomic mass is 32.2. The van der Waals surface area contributed by atoms with E-state index in [1.807, 2.05) is 0 Å². The van der Waals surface area contributed by atoms with E-state index in [1.54, 1.807) is 6.92 Å². The number of rotatable bonds is 3. The second-order valence-electron chi connectivity index (χ2n) is 3.65. The zero-order chi connectivity index (χ0) is 13.3. The molecule has 0 aliphatic carbocycles. The Labute approximate surface area is 102 Å². The molecule has 2 N–H and O–H groups in total. The van der Waals surface area contributed by atoms with Crippen LogP contribution in [0.3, 0.4) is 0 Å². The molecule has 0 saturated heterocycles. The smallest absolute Gasteiger partial charge is 0.263 e. The van der Waals surface area contributed by atoms with Crippen LogP contribution in [0.25, 0.3) is 0 Å². The quantitative estimate of drug-likeness (QED) is 0.895. The maximum atomic E-state index is 12.9. The lowest BCUT2D eigenvalue weighted by atomic mass is 10.3. The summed E-state index contributed by atoms with van der Waals surface area (Å²) in [5.74, 6) is -1.88. The van der Waals surface area contributed by atoms with Crippen LogP contribution in [-0.4, -0.2) is 18.6 Å². The number of H-pyrrole nitrogens is 1. The molecule has 8 heteroatoms. The maximum absolute atomic E-state index is 12.9. The molecule has 18 heavy (non-hydrogen) atoms. The van der Waals surface area contributed by atoms with Gasteiger partial charge in [-0.3, -0.25) is 9.82 Å². The molecule has 0 saturated carbocycles. The summed E-state index contributed by atoms with van der Waals surface area (Å²) in [5, 5.41) is 6.21. The molecule has 2 rings (SSSR count). The van der Waals surface area contributed by atoms with Gasteiger partial charge in [0.15, 0.2) is 5.82 Å². The number of aryl methyl sites for hydroxylation is 1. The summed E-state index contributed by atoms with van der Waals surface area (Å²) >= 11 is 0. The minimum Gasteiger partial charge on any atom is -0.281 e. The van der Waals surface area contributed by atoms with E-state index in [4.69, 9.17) is 0 Å². The summed E-state index contributed by atoms with van der Waals surface area (Å²) in [6.45, 7) is 1.69. The number of hydrogen-bond acceptors (Lipinski definition) is 3. The molecule has 1 aromatic heterocycles. The second kappa shape index (κ2) is 4.37. The second-order valence-corrected chi connectivity index (χ2v) is 5.33. The number of aromatic amines is 1. The highest BCUT2D eigenvalue weighted by Gasteiger charge is 2.17. The molecule has 0 aliphatic heterocycles. The number of sulfonamides is 1. The van der Waals surface area contributed by atoms with Crippen molar-refractivity contribution in [2.24, 2.45) is 0 Å². The first-order chi connectivity index (χ1) is 8.37. The van der Waals surface area contributed by atoms with Crippen LogP contribution in [0, 0.1) is 18.6 Å². The molecule has 1 aromatic carbocycles. The molecule has 0 bridgehead atoms. The first-order valence-electron chi connectivity index (χ1n) is 4.88. The Bertz CT molecular complexity index is 662. The SMILES string of the molecule is Cc1cc(NS(=O)(=O)c2cc(F)cc(F)c2)n[nH]1. The van der Waals surface area contributed by atoms with Gasteiger partial charge in [0.1, 0.15) is 11.6 Å². The third-order valence-corrected chi connectivity index (χ3v) is 3.43. The Morgan fingerprint density at radius 3 is 2.28 bits per heavy atom. The number of aromatic nitrogens is 2. The van der Waals surface area contributed by atoms with Crippen LogP contribution in [0.2, 0.25) is 0 Å². The van der Waals surface area contributed by atoms with Crippen molar-refractivity contribution in [1.82, 2.24) is 10.2 Å². The van der Waals surface area contributed by atoms with E-state index in [0.717, 1.165) is 12.1 Å². The van der Waals surface area contributed by atoms with Gasteiger partial charge in [0.2, 0.25) is 0 Å². The predicted octanol–water partition coefficient (Wildman–Crippen LogP) is 1.80. The van der Waals surface area contributed by atoms with Crippen molar-refractivity contribution in [3.63, 3.8) is 0 Å². The lowest BCUT2D eigenvalue weighted by Gasteiger charge is -2.05. The molecule has 0 fully saturated rings. The van der Waals surface area contributed by atoms with E-state index in [2.05, 4.69) is 14.9 Å². The lowest BCUT2D eigenvalue weighted by molar-refractivity contribution is 0.568. The summed E-state index contributed by atoms with van der Waals surface area (Å²) in [6.07, 6.45) is 0. The van der Waals surface area contributed by atoms with Gasteiger partial charge in [-0.05, 0) is 19.1 Å². The molecule has 0 spiro atoms. The van der Waals surface area contributed by atoms with Gasteiger partial charge in [-0.25, -0.2) is 17.2 Å². The van der Waals surface area contributed by atoms with Gasteiger partial charge in [-0.15, -0.1) is 0 Å². The van der Waals surface area contributed by atoms with Crippen molar-refractivity contribution in [2.75, 3.05) is 4.72 Å². The fourth-order valence-corrected chi connectivity index (χ4v) is 2.38. The zero-order valence-corrected chi connectivity index (χ0v) is 10.1. The van der Waals surface area contributed by atoms with Gasteiger partial charge in [0.25, 0.3) is 10.0 Å². The monoisotopic (exact) mass is 273 g/mol. The van der Waals surface area contributed by atoms with Gasteiger partial charge < -0.3 is 0 Å². The van der Waals surface area contributed by atoms with Gasteiger partial charge in [-0.2, -0.15) is 5.10 Å². The molecule has 0 unspecified atom stereocenters. The van der Waals surface area contributed by atoms with Crippen molar-refractivity contribution in [3.05, 3.63) is 41.6 Å². The first kappa shape index (κ1) is 12.5. The minimum absolute atomic E-state index is 0.0529. The van der Waals surface area contributed by atoms with Crippen LogP contribution in [0.4, 0.5) is 14.6 Å². The Morgan fingerprint density at radius 1 is 1.17 bits per heavy atom. The van der Waals surface area contributed by atoms with Crippen LogP contribution in [0.5, 0.6) is 0 Å². The van der Waals surface area contributed by atoms with E-state index >= 15 is 0 Å². The molecule has 0 radical (unpaired) electrons. The number of anilines is 1. The molecular formula is C10H9F2N3O2S. The molecule has 0 amide bonds. The zero-order valence-electron chi connectivity index (χ0n) is 9.24. The normalized spacial score (nSPS) is 11.5. The van der Waals surface area contributed by atoms with Crippen LogP contribution >= 0.6 is 0 Å². The van der Waals surface area contributed by atoms with Gasteiger partial charge >= 0.3 is 0 Å². The highest BCUT2D eigenvalue weighted by Crippen LogP contribution is 2.17. The number of hydrogen-bond donors (Lipinski definition) is 2. The molecule has 0 atom stereocenters. The summed E-state index contributed by atoms with van der Waals surface area (Å²) in [7, 11) is -4.06. The average Bonchev–Trinajstić information content (AvgIpc) is 2.61. The number of halogens is 2. The summed E-state index contributed by atoms with van der Waals surface area (Å²) in [6, 6.07) is 3.50. The average molecular weight is 273 g/mol. The Balaban J connectivity index is 2.36. The lowest BCUT2D eigenvalue weighted by Crippen LogP contribution is -2.13. The molecule has 96 valence electrons. The summed E-state index contributed by atoms with van der Waals surface area (Å²) < 4.78 is 51.6. The highest BCUT2D eigenvalue weighted by molar-refractivity contribution is 7.92. The van der Waals surface area contributed by atoms with E-state index in [9.17, 15) is 17.2 Å². The van der Waals surface area contributed by atoms with Crippen LogP contribution in [-0.2, 0) is 10.0 Å². The maximum Gasteiger partial charge on any atom is 0.263 e. The molecule has 1 heterocycles. The van der Waals surface area contributed by atoms with Crippen molar-refractivity contribution in [3.8, 4) is 0 Å².